The van der Waals surface area contributed by atoms with E-state index in [9.17, 15) is 19.1 Å². The van der Waals surface area contributed by atoms with E-state index in [2.05, 4.69) is 26.2 Å². The molecule has 0 heterocycles. The molecule has 32 heavy (non-hydrogen) atoms. The van der Waals surface area contributed by atoms with Crippen LogP contribution < -0.4 is 10.1 Å². The van der Waals surface area contributed by atoms with Gasteiger partial charge in [0.05, 0.1) is 10.6 Å². The Morgan fingerprint density at radius 2 is 1.78 bits per heavy atom. The van der Waals surface area contributed by atoms with Gasteiger partial charge in [0.1, 0.15) is 36.1 Å². The summed E-state index contributed by atoms with van der Waals surface area (Å²) in [6.07, 6.45) is -2.35. The van der Waals surface area contributed by atoms with E-state index in [0.717, 1.165) is 0 Å². The normalized spacial score (nSPS) is 13.3. The summed E-state index contributed by atoms with van der Waals surface area (Å²) < 4.78 is 28.5. The first-order chi connectivity index (χ1) is 14.7. The molecule has 8 nitrogen and oxygen atoms in total. The van der Waals surface area contributed by atoms with Gasteiger partial charge in [0, 0.05) is 6.42 Å². The van der Waals surface area contributed by atoms with Gasteiger partial charge < -0.3 is 19.3 Å². The molecule has 10 heteroatoms. The van der Waals surface area contributed by atoms with Crippen LogP contribution in [0.1, 0.15) is 66.1 Å². The highest BCUT2D eigenvalue weighted by Crippen LogP contribution is 2.30. The number of nitrogens with zero attached hydrogens (tertiary/aromatic N) is 1. The van der Waals surface area contributed by atoms with Crippen molar-refractivity contribution < 1.29 is 33.3 Å². The molecule has 0 aliphatic rings. The third-order valence-electron chi connectivity index (χ3n) is 3.59. The maximum Gasteiger partial charge on any atom is 0.435 e. The molecule has 0 spiro atoms. The molecule has 0 saturated carbocycles. The van der Waals surface area contributed by atoms with Gasteiger partial charge in [0.15, 0.2) is 0 Å². The number of rotatable bonds is 7. The number of aliphatic hydroxyl groups is 1. The second-order valence-corrected chi connectivity index (χ2v) is 9.80. The molecule has 0 saturated heterocycles. The van der Waals surface area contributed by atoms with E-state index >= 15 is 0 Å². The summed E-state index contributed by atoms with van der Waals surface area (Å²) in [7, 11) is 0. The van der Waals surface area contributed by atoms with Gasteiger partial charge in [-0.15, -0.1) is 0 Å². The summed E-state index contributed by atoms with van der Waals surface area (Å²) >= 11 is 3.33. The summed E-state index contributed by atoms with van der Waals surface area (Å²) in [6.45, 7) is 9.54. The van der Waals surface area contributed by atoms with Gasteiger partial charge in [-0.3, -0.25) is 5.32 Å². The quantitative estimate of drug-likeness (QED) is 0.366. The van der Waals surface area contributed by atoms with Gasteiger partial charge in [-0.05, 0) is 81.6 Å². The summed E-state index contributed by atoms with van der Waals surface area (Å²) in [4.78, 5) is 28.1. The number of carbonyl (C=O) groups excluding carboxylic acids is 2. The monoisotopic (exact) mass is 518 g/mol. The molecular formula is C22H32BrFN2O6. The molecule has 2 amide bonds. The van der Waals surface area contributed by atoms with Crippen LogP contribution in [0.2, 0.25) is 0 Å². The predicted molar refractivity (Wildman–Crippen MR) is 123 cm³/mol. The molecule has 0 bridgehead atoms. The number of ether oxygens (including phenoxy) is 3. The molecule has 1 unspecified atom stereocenters. The van der Waals surface area contributed by atoms with E-state index in [1.807, 2.05) is 0 Å². The molecule has 180 valence electrons. The molecule has 1 aromatic carbocycles. The maximum atomic E-state index is 12.3. The average Bonchev–Trinajstić information content (AvgIpc) is 2.61. The van der Waals surface area contributed by atoms with Crippen LogP contribution in [0.15, 0.2) is 27.7 Å². The van der Waals surface area contributed by atoms with Gasteiger partial charge in [0.2, 0.25) is 0 Å². The summed E-state index contributed by atoms with van der Waals surface area (Å²) in [6, 6.07) is 4.92. The number of amides is 2. The smallest absolute Gasteiger partial charge is 0.435 e. The van der Waals surface area contributed by atoms with Gasteiger partial charge in [-0.2, -0.15) is 4.99 Å². The molecule has 2 N–H and O–H groups in total. The minimum absolute atomic E-state index is 0.00881. The number of carbonyl (C=O) groups is 2. The third kappa shape index (κ3) is 11.4. The highest BCUT2D eigenvalue weighted by atomic mass is 79.9. The highest BCUT2D eigenvalue weighted by molar-refractivity contribution is 9.10. The van der Waals surface area contributed by atoms with Crippen LogP contribution in [0.25, 0.3) is 0 Å². The number of amidine groups is 1. The Bertz CT molecular complexity index is 818. The lowest BCUT2D eigenvalue weighted by Gasteiger charge is -2.21. The third-order valence-corrected chi connectivity index (χ3v) is 4.21. The van der Waals surface area contributed by atoms with Crippen molar-refractivity contribution in [1.29, 1.82) is 0 Å². The highest BCUT2D eigenvalue weighted by Gasteiger charge is 2.21. The number of hydrogen-bond donors (Lipinski definition) is 2. The van der Waals surface area contributed by atoms with Crippen molar-refractivity contribution in [2.45, 2.75) is 71.7 Å². The fourth-order valence-electron chi connectivity index (χ4n) is 2.39. The lowest BCUT2D eigenvalue weighted by Crippen LogP contribution is -2.37. The summed E-state index contributed by atoms with van der Waals surface area (Å²) in [5.74, 6) is 0.465. The number of alkyl carbamates (subject to hydrolysis) is 1. The van der Waals surface area contributed by atoms with Crippen molar-refractivity contribution in [3.05, 3.63) is 28.2 Å². The van der Waals surface area contributed by atoms with Crippen LogP contribution in [0.3, 0.4) is 0 Å². The van der Waals surface area contributed by atoms with E-state index in [-0.39, 0.29) is 25.3 Å². The lowest BCUT2D eigenvalue weighted by atomic mass is 10.0. The lowest BCUT2D eigenvalue weighted by molar-refractivity contribution is 0.0560. The van der Waals surface area contributed by atoms with Crippen LogP contribution in [0.5, 0.6) is 5.75 Å². The zero-order valence-corrected chi connectivity index (χ0v) is 20.9. The van der Waals surface area contributed by atoms with Crippen molar-refractivity contribution in [1.82, 2.24) is 5.32 Å². The zero-order valence-electron chi connectivity index (χ0n) is 19.3. The van der Waals surface area contributed by atoms with Crippen molar-refractivity contribution in [2.24, 2.45) is 4.99 Å². The minimum atomic E-state index is -0.925. The second kappa shape index (κ2) is 12.2. The Morgan fingerprint density at radius 1 is 1.16 bits per heavy atom. The van der Waals surface area contributed by atoms with Gasteiger partial charge >= 0.3 is 12.2 Å². The number of halogens is 2. The van der Waals surface area contributed by atoms with E-state index in [0.29, 0.717) is 15.8 Å². The first kappa shape index (κ1) is 27.8. The van der Waals surface area contributed by atoms with E-state index < -0.39 is 36.2 Å². The van der Waals surface area contributed by atoms with Crippen LogP contribution in [0.4, 0.5) is 14.0 Å². The Labute approximate surface area is 196 Å². The Balaban J connectivity index is 2.90. The Hall–Kier alpha value is -2.20. The van der Waals surface area contributed by atoms with Gasteiger partial charge in [0.25, 0.3) is 0 Å². The number of aliphatic imine (C=N–C) groups is 1. The Morgan fingerprint density at radius 3 is 2.31 bits per heavy atom. The summed E-state index contributed by atoms with van der Waals surface area (Å²) in [5.41, 5.74) is -0.924. The number of benzene rings is 1. The van der Waals surface area contributed by atoms with Crippen molar-refractivity contribution in [3.63, 3.8) is 0 Å². The SMILES string of the molecule is CC(C)(C)OC(=O)N=C(CCC(O)c1ccc(OCCF)c(Br)c1)NC(=O)OC(C)(C)C. The molecular weight excluding hydrogens is 487 g/mol. The van der Waals surface area contributed by atoms with Gasteiger partial charge in [-0.25, -0.2) is 14.0 Å². The largest absolute Gasteiger partial charge is 0.490 e. The van der Waals surface area contributed by atoms with E-state index in [1.165, 1.54) is 0 Å². The molecule has 0 aromatic heterocycles. The number of nitrogens with one attached hydrogen (secondary N) is 1. The second-order valence-electron chi connectivity index (χ2n) is 8.95. The molecule has 0 fully saturated rings. The van der Waals surface area contributed by atoms with Crippen molar-refractivity contribution >= 4 is 34.0 Å². The molecule has 1 atom stereocenters. The number of hydrogen-bond acceptors (Lipinski definition) is 6. The molecule has 0 aliphatic carbocycles. The molecule has 1 aromatic rings. The minimum Gasteiger partial charge on any atom is -0.490 e. The number of alkyl halides is 1. The average molecular weight is 519 g/mol. The molecule has 0 aliphatic heterocycles. The standard InChI is InChI=1S/C22H32BrFN2O6/c1-21(2,3)31-19(28)25-18(26-20(29)32-22(4,5)6)10-8-16(27)14-7-9-17(15(23)13-14)30-12-11-24/h7,9,13,16,27H,8,10-12H2,1-6H3,(H,25,26,28,29). The number of aliphatic hydroxyl groups excluding tert-OH is 1. The fraction of sp³-hybridized carbons (Fsp3) is 0.591. The van der Waals surface area contributed by atoms with Crippen LogP contribution in [-0.2, 0) is 9.47 Å². The molecule has 1 rings (SSSR count). The summed E-state index contributed by atoms with van der Waals surface area (Å²) in [5, 5.41) is 13.0. The predicted octanol–water partition coefficient (Wildman–Crippen LogP) is 5.47. The first-order valence-electron chi connectivity index (χ1n) is 10.2. The fourth-order valence-corrected chi connectivity index (χ4v) is 2.90. The van der Waals surface area contributed by atoms with Crippen LogP contribution in [0, 0.1) is 0 Å². The first-order valence-corrected chi connectivity index (χ1v) is 11.0. The van der Waals surface area contributed by atoms with Crippen molar-refractivity contribution in [2.75, 3.05) is 13.3 Å². The van der Waals surface area contributed by atoms with E-state index in [1.54, 1.807) is 59.7 Å². The zero-order chi connectivity index (χ0) is 24.5. The van der Waals surface area contributed by atoms with Crippen LogP contribution in [-0.4, -0.2) is 47.6 Å². The maximum absolute atomic E-state index is 12.3. The Kier molecular flexibility index (Phi) is 10.6. The topological polar surface area (TPSA) is 106 Å². The molecule has 0 radical (unpaired) electrons. The van der Waals surface area contributed by atoms with Crippen molar-refractivity contribution in [3.8, 4) is 5.75 Å². The van der Waals surface area contributed by atoms with Crippen LogP contribution >= 0.6 is 15.9 Å². The van der Waals surface area contributed by atoms with Gasteiger partial charge in [-0.1, -0.05) is 6.07 Å². The van der Waals surface area contributed by atoms with E-state index in [4.69, 9.17) is 14.2 Å².